The Morgan fingerprint density at radius 2 is 2.00 bits per heavy atom. The van der Waals surface area contributed by atoms with Crippen molar-refractivity contribution in [1.29, 1.82) is 0 Å². The van der Waals surface area contributed by atoms with Crippen LogP contribution in [0.5, 0.6) is 0 Å². The molecule has 1 N–H and O–H groups in total. The van der Waals surface area contributed by atoms with Gasteiger partial charge >= 0.3 is 0 Å². The second kappa shape index (κ2) is 6.19. The first kappa shape index (κ1) is 11.0. The molecule has 82 valence electrons. The van der Waals surface area contributed by atoms with Crippen LogP contribution in [0.4, 0.5) is 0 Å². The van der Waals surface area contributed by atoms with Crippen LogP contribution >= 0.6 is 11.8 Å². The van der Waals surface area contributed by atoms with Gasteiger partial charge in [-0.2, -0.15) is 0 Å². The van der Waals surface area contributed by atoms with Gasteiger partial charge in [0, 0.05) is 10.6 Å². The molecule has 0 aliphatic carbocycles. The summed E-state index contributed by atoms with van der Waals surface area (Å²) in [4.78, 5) is 1.41. The van der Waals surface area contributed by atoms with Gasteiger partial charge in [0.25, 0.3) is 0 Å². The fourth-order valence-electron chi connectivity index (χ4n) is 1.99. The minimum absolute atomic E-state index is 0.908. The van der Waals surface area contributed by atoms with E-state index in [1.165, 1.54) is 43.0 Å². The summed E-state index contributed by atoms with van der Waals surface area (Å²) in [6.07, 6.45) is 4.09. The maximum atomic E-state index is 3.47. The highest BCUT2D eigenvalue weighted by atomic mass is 32.2. The van der Waals surface area contributed by atoms with Crippen molar-refractivity contribution in [3.05, 3.63) is 30.3 Å². The molecule has 1 heterocycles. The molecule has 0 bridgehead atoms. The van der Waals surface area contributed by atoms with Crippen LogP contribution in [0.3, 0.4) is 0 Å². The van der Waals surface area contributed by atoms with Gasteiger partial charge in [-0.3, -0.25) is 0 Å². The van der Waals surface area contributed by atoms with Crippen LogP contribution in [0.1, 0.15) is 19.3 Å². The predicted octanol–water partition coefficient (Wildman–Crippen LogP) is 3.17. The quantitative estimate of drug-likeness (QED) is 0.787. The van der Waals surface area contributed by atoms with Crippen LogP contribution in [0, 0.1) is 5.92 Å². The standard InChI is InChI=1S/C13H19NS/c1-2-6-13(7-3-1)15-11-12-5-4-9-14-10-8-12/h1-3,6-7,12,14H,4-5,8-11H2. The Kier molecular flexibility index (Phi) is 4.55. The zero-order valence-electron chi connectivity index (χ0n) is 9.11. The molecule has 2 rings (SSSR count). The molecule has 1 unspecified atom stereocenters. The smallest absolute Gasteiger partial charge is 0.00720 e. The lowest BCUT2D eigenvalue weighted by molar-refractivity contribution is 0.528. The Balaban J connectivity index is 1.77. The SMILES string of the molecule is c1ccc(SCC2CCCNCC2)cc1. The summed E-state index contributed by atoms with van der Waals surface area (Å²) in [6.45, 7) is 2.42. The molecule has 0 amide bonds. The van der Waals surface area contributed by atoms with Crippen LogP contribution in [0.2, 0.25) is 0 Å². The van der Waals surface area contributed by atoms with E-state index in [-0.39, 0.29) is 0 Å². The minimum Gasteiger partial charge on any atom is -0.317 e. The molecule has 1 saturated heterocycles. The van der Waals surface area contributed by atoms with Crippen molar-refractivity contribution in [2.45, 2.75) is 24.2 Å². The minimum atomic E-state index is 0.908. The molecule has 1 fully saturated rings. The van der Waals surface area contributed by atoms with Gasteiger partial charge in [-0.25, -0.2) is 0 Å². The average molecular weight is 221 g/mol. The zero-order chi connectivity index (χ0) is 10.3. The van der Waals surface area contributed by atoms with Gasteiger partial charge < -0.3 is 5.32 Å². The van der Waals surface area contributed by atoms with Crippen LogP contribution < -0.4 is 5.32 Å². The Bertz CT molecular complexity index is 265. The Labute approximate surface area is 96.7 Å². The third-order valence-corrected chi connectivity index (χ3v) is 4.17. The predicted molar refractivity (Wildman–Crippen MR) is 67.4 cm³/mol. The van der Waals surface area contributed by atoms with E-state index in [0.717, 1.165) is 5.92 Å². The number of thioether (sulfide) groups is 1. The summed E-state index contributed by atoms with van der Waals surface area (Å²) in [5.41, 5.74) is 0. The van der Waals surface area contributed by atoms with Gasteiger partial charge in [-0.05, 0) is 50.4 Å². The second-order valence-electron chi connectivity index (χ2n) is 4.17. The first-order chi connectivity index (χ1) is 7.45. The second-order valence-corrected chi connectivity index (χ2v) is 5.26. The molecule has 1 atom stereocenters. The van der Waals surface area contributed by atoms with E-state index in [1.54, 1.807) is 0 Å². The van der Waals surface area contributed by atoms with Crippen molar-refractivity contribution in [1.82, 2.24) is 5.32 Å². The van der Waals surface area contributed by atoms with Crippen LogP contribution in [0.25, 0.3) is 0 Å². The van der Waals surface area contributed by atoms with Crippen LogP contribution in [-0.4, -0.2) is 18.8 Å². The van der Waals surface area contributed by atoms with Crippen molar-refractivity contribution >= 4 is 11.8 Å². The Morgan fingerprint density at radius 1 is 1.13 bits per heavy atom. The van der Waals surface area contributed by atoms with Gasteiger partial charge in [0.15, 0.2) is 0 Å². The van der Waals surface area contributed by atoms with Crippen LogP contribution in [-0.2, 0) is 0 Å². The lowest BCUT2D eigenvalue weighted by Gasteiger charge is -2.12. The fraction of sp³-hybridized carbons (Fsp3) is 0.538. The van der Waals surface area contributed by atoms with Gasteiger partial charge in [0.2, 0.25) is 0 Å². The van der Waals surface area contributed by atoms with Crippen molar-refractivity contribution < 1.29 is 0 Å². The fourth-order valence-corrected chi connectivity index (χ4v) is 3.10. The maximum absolute atomic E-state index is 3.47. The van der Waals surface area contributed by atoms with E-state index in [1.807, 2.05) is 11.8 Å². The van der Waals surface area contributed by atoms with E-state index in [2.05, 4.69) is 35.6 Å². The van der Waals surface area contributed by atoms with Crippen molar-refractivity contribution in [3.63, 3.8) is 0 Å². The third-order valence-electron chi connectivity index (χ3n) is 2.92. The molecule has 2 heteroatoms. The summed E-state index contributed by atoms with van der Waals surface area (Å²) in [5.74, 6) is 2.19. The van der Waals surface area contributed by atoms with Crippen LogP contribution in [0.15, 0.2) is 35.2 Å². The van der Waals surface area contributed by atoms with E-state index >= 15 is 0 Å². The number of rotatable bonds is 3. The first-order valence-electron chi connectivity index (χ1n) is 5.84. The molecular formula is C13H19NS. The number of benzene rings is 1. The summed E-state index contributed by atoms with van der Waals surface area (Å²) in [5, 5.41) is 3.47. The zero-order valence-corrected chi connectivity index (χ0v) is 9.93. The molecule has 15 heavy (non-hydrogen) atoms. The Morgan fingerprint density at radius 3 is 2.87 bits per heavy atom. The molecule has 1 aliphatic heterocycles. The summed E-state index contributed by atoms with van der Waals surface area (Å²) < 4.78 is 0. The molecule has 0 spiro atoms. The van der Waals surface area contributed by atoms with E-state index < -0.39 is 0 Å². The largest absolute Gasteiger partial charge is 0.317 e. The van der Waals surface area contributed by atoms with Gasteiger partial charge in [-0.15, -0.1) is 11.8 Å². The average Bonchev–Trinajstić information content (AvgIpc) is 2.56. The third kappa shape index (κ3) is 3.88. The number of hydrogen-bond donors (Lipinski definition) is 1. The first-order valence-corrected chi connectivity index (χ1v) is 6.82. The highest BCUT2D eigenvalue weighted by molar-refractivity contribution is 7.99. The normalized spacial score (nSPS) is 22.3. The van der Waals surface area contributed by atoms with Crippen molar-refractivity contribution in [2.24, 2.45) is 5.92 Å². The highest BCUT2D eigenvalue weighted by Gasteiger charge is 2.11. The van der Waals surface area contributed by atoms with Gasteiger partial charge in [0.05, 0.1) is 0 Å². The maximum Gasteiger partial charge on any atom is 0.00720 e. The molecule has 1 aliphatic rings. The number of nitrogens with one attached hydrogen (secondary N) is 1. The Hall–Kier alpha value is -0.470. The molecule has 0 saturated carbocycles. The lowest BCUT2D eigenvalue weighted by Crippen LogP contribution is -2.14. The van der Waals surface area contributed by atoms with E-state index in [4.69, 9.17) is 0 Å². The summed E-state index contributed by atoms with van der Waals surface area (Å²) in [6, 6.07) is 10.7. The molecule has 1 nitrogen and oxygen atoms in total. The van der Waals surface area contributed by atoms with Crippen molar-refractivity contribution in [2.75, 3.05) is 18.8 Å². The summed E-state index contributed by atoms with van der Waals surface area (Å²) >= 11 is 2.01. The van der Waals surface area contributed by atoms with Crippen molar-refractivity contribution in [3.8, 4) is 0 Å². The highest BCUT2D eigenvalue weighted by Crippen LogP contribution is 2.24. The van der Waals surface area contributed by atoms with Gasteiger partial charge in [-0.1, -0.05) is 18.2 Å². The number of hydrogen-bond acceptors (Lipinski definition) is 2. The summed E-state index contributed by atoms with van der Waals surface area (Å²) in [7, 11) is 0. The van der Waals surface area contributed by atoms with E-state index in [0.29, 0.717) is 0 Å². The van der Waals surface area contributed by atoms with E-state index in [9.17, 15) is 0 Å². The topological polar surface area (TPSA) is 12.0 Å². The molecule has 1 aromatic rings. The monoisotopic (exact) mass is 221 g/mol. The molecule has 1 aromatic carbocycles. The molecular weight excluding hydrogens is 202 g/mol. The molecule has 0 radical (unpaired) electrons. The lowest BCUT2D eigenvalue weighted by atomic mass is 10.0. The molecule has 0 aromatic heterocycles. The van der Waals surface area contributed by atoms with Gasteiger partial charge in [0.1, 0.15) is 0 Å².